The monoisotopic (exact) mass is 222 g/mol. The summed E-state index contributed by atoms with van der Waals surface area (Å²) in [5, 5.41) is 3.15. The molecule has 2 atom stereocenters. The van der Waals surface area contributed by atoms with Gasteiger partial charge in [0, 0.05) is 19.0 Å². The molecule has 1 fully saturated rings. The van der Waals surface area contributed by atoms with Gasteiger partial charge >= 0.3 is 0 Å². The summed E-state index contributed by atoms with van der Waals surface area (Å²) < 4.78 is 13.0. The minimum atomic E-state index is -0.293. The number of carbonyl (C=O) groups is 1. The first kappa shape index (κ1) is 11.1. The Hall–Kier alpha value is -1.42. The first-order chi connectivity index (χ1) is 7.59. The molecule has 1 aromatic carbocycles. The highest BCUT2D eigenvalue weighted by atomic mass is 19.1. The molecule has 0 bridgehead atoms. The van der Waals surface area contributed by atoms with Gasteiger partial charge in [-0.2, -0.15) is 0 Å². The van der Waals surface area contributed by atoms with Gasteiger partial charge in [-0.05, 0) is 30.2 Å². The molecule has 1 aliphatic rings. The van der Waals surface area contributed by atoms with E-state index in [0.29, 0.717) is 6.54 Å². The van der Waals surface area contributed by atoms with Crippen LogP contribution in [-0.2, 0) is 4.79 Å². The maximum atomic E-state index is 13.0. The van der Waals surface area contributed by atoms with Gasteiger partial charge < -0.3 is 11.1 Å². The Morgan fingerprint density at radius 1 is 1.50 bits per heavy atom. The zero-order valence-electron chi connectivity index (χ0n) is 9.16. The molecule has 86 valence electrons. The van der Waals surface area contributed by atoms with Crippen LogP contribution in [0, 0.1) is 18.7 Å². The van der Waals surface area contributed by atoms with E-state index in [9.17, 15) is 9.18 Å². The number of primary amides is 1. The topological polar surface area (TPSA) is 55.1 Å². The number of halogens is 1. The van der Waals surface area contributed by atoms with E-state index in [4.69, 9.17) is 5.73 Å². The number of amides is 1. The molecule has 1 amide bonds. The smallest absolute Gasteiger partial charge is 0.222 e. The Morgan fingerprint density at radius 3 is 2.88 bits per heavy atom. The predicted molar refractivity (Wildman–Crippen MR) is 59.4 cm³/mol. The molecule has 1 heterocycles. The van der Waals surface area contributed by atoms with Gasteiger partial charge in [0.15, 0.2) is 0 Å². The molecule has 0 radical (unpaired) electrons. The van der Waals surface area contributed by atoms with Crippen molar-refractivity contribution in [2.45, 2.75) is 12.8 Å². The van der Waals surface area contributed by atoms with Crippen LogP contribution < -0.4 is 11.1 Å². The van der Waals surface area contributed by atoms with Gasteiger partial charge in [-0.3, -0.25) is 4.79 Å². The number of hydrogen-bond acceptors (Lipinski definition) is 2. The lowest BCUT2D eigenvalue weighted by Gasteiger charge is -2.18. The average molecular weight is 222 g/mol. The van der Waals surface area contributed by atoms with Crippen molar-refractivity contribution in [1.82, 2.24) is 5.32 Å². The van der Waals surface area contributed by atoms with E-state index >= 15 is 0 Å². The van der Waals surface area contributed by atoms with E-state index in [0.717, 1.165) is 17.7 Å². The summed E-state index contributed by atoms with van der Waals surface area (Å²) in [5.74, 6) is -0.663. The van der Waals surface area contributed by atoms with Crippen LogP contribution in [0.2, 0.25) is 0 Å². The summed E-state index contributed by atoms with van der Waals surface area (Å²) in [6.45, 7) is 3.19. The van der Waals surface area contributed by atoms with Crippen LogP contribution in [0.15, 0.2) is 18.2 Å². The molecule has 3 N–H and O–H groups in total. The Bertz CT molecular complexity index is 419. The van der Waals surface area contributed by atoms with Crippen molar-refractivity contribution in [3.63, 3.8) is 0 Å². The molecule has 4 heteroatoms. The first-order valence-electron chi connectivity index (χ1n) is 5.35. The maximum absolute atomic E-state index is 13.0. The number of nitrogens with one attached hydrogen (secondary N) is 1. The van der Waals surface area contributed by atoms with Gasteiger partial charge in [0.2, 0.25) is 5.91 Å². The lowest BCUT2D eigenvalue weighted by molar-refractivity contribution is -0.121. The Morgan fingerprint density at radius 2 is 2.25 bits per heavy atom. The summed E-state index contributed by atoms with van der Waals surface area (Å²) >= 11 is 0. The molecular weight excluding hydrogens is 207 g/mol. The van der Waals surface area contributed by atoms with Gasteiger partial charge in [0.1, 0.15) is 5.82 Å². The largest absolute Gasteiger partial charge is 0.369 e. The molecule has 16 heavy (non-hydrogen) atoms. The van der Waals surface area contributed by atoms with Crippen LogP contribution >= 0.6 is 0 Å². The third-order valence-electron chi connectivity index (χ3n) is 3.21. The van der Waals surface area contributed by atoms with Crippen molar-refractivity contribution in [3.8, 4) is 0 Å². The minimum absolute atomic E-state index is 0.0677. The zero-order valence-corrected chi connectivity index (χ0v) is 9.16. The number of nitrogens with two attached hydrogens (primary N) is 1. The van der Waals surface area contributed by atoms with Gasteiger partial charge in [0.05, 0.1) is 5.92 Å². The normalized spacial score (nSPS) is 24.6. The lowest BCUT2D eigenvalue weighted by atomic mass is 9.86. The fourth-order valence-corrected chi connectivity index (χ4v) is 2.36. The van der Waals surface area contributed by atoms with Crippen molar-refractivity contribution < 1.29 is 9.18 Å². The van der Waals surface area contributed by atoms with E-state index in [1.54, 1.807) is 6.07 Å². The van der Waals surface area contributed by atoms with Gasteiger partial charge in [-0.1, -0.05) is 6.07 Å². The number of benzene rings is 1. The van der Waals surface area contributed by atoms with Crippen molar-refractivity contribution >= 4 is 5.91 Å². The van der Waals surface area contributed by atoms with Crippen LogP contribution in [0.4, 0.5) is 4.39 Å². The number of carbonyl (C=O) groups excluding carboxylic acids is 1. The predicted octanol–water partition coefficient (Wildman–Crippen LogP) is 0.922. The summed E-state index contributed by atoms with van der Waals surface area (Å²) in [5.41, 5.74) is 7.24. The van der Waals surface area contributed by atoms with Crippen LogP contribution in [0.1, 0.15) is 17.0 Å². The maximum Gasteiger partial charge on any atom is 0.222 e. The molecule has 1 aliphatic heterocycles. The van der Waals surface area contributed by atoms with E-state index in [1.165, 1.54) is 12.1 Å². The standard InChI is InChI=1S/C12H15FN2O/c1-7-4-8(13)2-3-9(7)10-5-15-6-11(10)12(14)16/h2-4,10-11,15H,5-6H2,1H3,(H2,14,16). The van der Waals surface area contributed by atoms with Crippen LogP contribution in [0.3, 0.4) is 0 Å². The van der Waals surface area contributed by atoms with Crippen LogP contribution in [-0.4, -0.2) is 19.0 Å². The molecular formula is C12H15FN2O. The van der Waals surface area contributed by atoms with Crippen molar-refractivity contribution in [2.75, 3.05) is 13.1 Å². The Kier molecular flexibility index (Phi) is 2.92. The number of rotatable bonds is 2. The van der Waals surface area contributed by atoms with E-state index in [2.05, 4.69) is 5.32 Å². The fraction of sp³-hybridized carbons (Fsp3) is 0.417. The molecule has 0 aliphatic carbocycles. The van der Waals surface area contributed by atoms with E-state index in [1.807, 2.05) is 6.92 Å². The van der Waals surface area contributed by atoms with Gasteiger partial charge in [-0.15, -0.1) is 0 Å². The summed E-state index contributed by atoms with van der Waals surface area (Å²) in [7, 11) is 0. The fourth-order valence-electron chi connectivity index (χ4n) is 2.36. The highest BCUT2D eigenvalue weighted by Gasteiger charge is 2.33. The van der Waals surface area contributed by atoms with Crippen LogP contribution in [0.25, 0.3) is 0 Å². The Labute approximate surface area is 93.8 Å². The molecule has 0 saturated carbocycles. The van der Waals surface area contributed by atoms with E-state index in [-0.39, 0.29) is 23.6 Å². The van der Waals surface area contributed by atoms with Crippen LogP contribution in [0.5, 0.6) is 0 Å². The molecule has 3 nitrogen and oxygen atoms in total. The second-order valence-electron chi connectivity index (χ2n) is 4.27. The SMILES string of the molecule is Cc1cc(F)ccc1C1CNCC1C(N)=O. The Balaban J connectivity index is 2.32. The average Bonchev–Trinajstić information content (AvgIpc) is 2.66. The second kappa shape index (κ2) is 4.22. The van der Waals surface area contributed by atoms with Gasteiger partial charge in [-0.25, -0.2) is 4.39 Å². The van der Waals surface area contributed by atoms with E-state index < -0.39 is 0 Å². The number of hydrogen-bond donors (Lipinski definition) is 2. The molecule has 2 rings (SSSR count). The molecule has 2 unspecified atom stereocenters. The highest BCUT2D eigenvalue weighted by Crippen LogP contribution is 2.30. The third kappa shape index (κ3) is 1.93. The summed E-state index contributed by atoms with van der Waals surface area (Å²) in [6.07, 6.45) is 0. The van der Waals surface area contributed by atoms with Crippen molar-refractivity contribution in [3.05, 3.63) is 35.1 Å². The van der Waals surface area contributed by atoms with Crippen molar-refractivity contribution in [2.24, 2.45) is 11.7 Å². The highest BCUT2D eigenvalue weighted by molar-refractivity contribution is 5.78. The summed E-state index contributed by atoms with van der Waals surface area (Å²) in [6, 6.07) is 4.67. The minimum Gasteiger partial charge on any atom is -0.369 e. The zero-order chi connectivity index (χ0) is 11.7. The second-order valence-corrected chi connectivity index (χ2v) is 4.27. The first-order valence-corrected chi connectivity index (χ1v) is 5.35. The molecule has 1 aromatic rings. The number of aryl methyl sites for hydroxylation is 1. The molecule has 1 saturated heterocycles. The third-order valence-corrected chi connectivity index (χ3v) is 3.21. The summed E-state index contributed by atoms with van der Waals surface area (Å²) in [4.78, 5) is 11.3. The van der Waals surface area contributed by atoms with Crippen molar-refractivity contribution in [1.29, 1.82) is 0 Å². The molecule has 0 aromatic heterocycles. The lowest BCUT2D eigenvalue weighted by Crippen LogP contribution is -2.28. The quantitative estimate of drug-likeness (QED) is 0.782. The molecule has 0 spiro atoms. The van der Waals surface area contributed by atoms with Gasteiger partial charge in [0.25, 0.3) is 0 Å².